The molecule has 0 saturated carbocycles. The monoisotopic (exact) mass is 804 g/mol. The molecule has 5 aliphatic rings. The highest BCUT2D eigenvalue weighted by Gasteiger charge is 2.50. The number of fused-ring (bicyclic) bond motifs is 13. The molecule has 2 unspecified atom stereocenters. The summed E-state index contributed by atoms with van der Waals surface area (Å²) < 4.78 is 18.0. The molecule has 7 rings (SSSR count). The number of anilines is 1. The minimum atomic E-state index is -1.92. The number of nitrogens with one attached hydrogen (secondary N) is 1. The van der Waals surface area contributed by atoms with E-state index in [2.05, 4.69) is 29.1 Å². The fraction of sp³-hybridized carbons (Fsp3) is 0.591. The molecule has 10 atom stereocenters. The number of phenols is 2. The van der Waals surface area contributed by atoms with E-state index in [0.29, 0.717) is 24.6 Å². The van der Waals surface area contributed by atoms with Crippen molar-refractivity contribution < 1.29 is 49.3 Å². The molecule has 1 saturated heterocycles. The normalized spacial score (nSPS) is 34.3. The quantitative estimate of drug-likeness (QED) is 0.240. The first kappa shape index (κ1) is 43.2. The van der Waals surface area contributed by atoms with Crippen molar-refractivity contribution in [3.05, 3.63) is 58.0 Å². The molecule has 0 aliphatic carbocycles. The smallest absolute Gasteiger partial charge is 0.312 e. The summed E-state index contributed by atoms with van der Waals surface area (Å²) in [6.07, 6.45) is 6.00. The molecule has 1 fully saturated rings. The van der Waals surface area contributed by atoms with E-state index < -0.39 is 77.0 Å². The van der Waals surface area contributed by atoms with Crippen LogP contribution in [0.5, 0.6) is 17.2 Å². The number of ether oxygens (including phenoxy) is 3. The Morgan fingerprint density at radius 3 is 2.22 bits per heavy atom. The Kier molecular flexibility index (Phi) is 12.2. The number of ketones is 1. The van der Waals surface area contributed by atoms with E-state index in [-0.39, 0.29) is 49.7 Å². The maximum atomic E-state index is 14.6. The molecule has 0 radical (unpaired) electrons. The number of likely N-dealkylation sites (tertiary alicyclic amines) is 1. The Bertz CT molecular complexity index is 2180. The van der Waals surface area contributed by atoms with Crippen LogP contribution in [-0.4, -0.2) is 104 Å². The molecule has 6 N–H and O–H groups in total. The van der Waals surface area contributed by atoms with E-state index in [1.807, 2.05) is 0 Å². The number of amides is 1. The minimum absolute atomic E-state index is 0.0680. The van der Waals surface area contributed by atoms with Crippen LogP contribution in [0.1, 0.15) is 90.6 Å². The third-order valence-electron chi connectivity index (χ3n) is 13.2. The predicted octanol–water partition coefficient (Wildman–Crippen LogP) is 4.32. The Morgan fingerprint density at radius 2 is 1.59 bits per heavy atom. The molecule has 14 heteroatoms. The highest BCUT2D eigenvalue weighted by Crippen LogP contribution is 2.51. The van der Waals surface area contributed by atoms with Gasteiger partial charge in [0.25, 0.3) is 11.7 Å². The lowest BCUT2D eigenvalue weighted by Gasteiger charge is -2.40. The van der Waals surface area contributed by atoms with Crippen molar-refractivity contribution in [3.63, 3.8) is 0 Å². The van der Waals surface area contributed by atoms with Gasteiger partial charge < -0.3 is 50.0 Å². The molecule has 5 bridgehead atoms. The van der Waals surface area contributed by atoms with Crippen LogP contribution in [0.4, 0.5) is 5.69 Å². The Hall–Kier alpha value is -4.34. The number of hydrogen-bond donors (Lipinski definition) is 6. The highest BCUT2D eigenvalue weighted by atomic mass is 16.7. The number of Topliss-reactive ketones (excluding diaryl/α,β-unsaturated/α-hetero) is 1. The van der Waals surface area contributed by atoms with Gasteiger partial charge in [0.05, 0.1) is 47.3 Å². The lowest BCUT2D eigenvalue weighted by atomic mass is 9.78. The third-order valence-corrected chi connectivity index (χ3v) is 13.2. The van der Waals surface area contributed by atoms with Gasteiger partial charge in [-0.3, -0.25) is 14.6 Å². The zero-order valence-electron chi connectivity index (χ0n) is 35.2. The molecular weight excluding hydrogens is 745 g/mol. The predicted molar refractivity (Wildman–Crippen MR) is 218 cm³/mol. The van der Waals surface area contributed by atoms with E-state index in [4.69, 9.17) is 19.2 Å². The van der Waals surface area contributed by atoms with Crippen LogP contribution < -0.4 is 20.8 Å². The summed E-state index contributed by atoms with van der Waals surface area (Å²) in [7, 11) is 1.47. The fourth-order valence-corrected chi connectivity index (χ4v) is 8.82. The van der Waals surface area contributed by atoms with Crippen LogP contribution in [0, 0.1) is 30.6 Å². The van der Waals surface area contributed by atoms with E-state index >= 15 is 0 Å². The van der Waals surface area contributed by atoms with Crippen LogP contribution in [0.2, 0.25) is 0 Å². The summed E-state index contributed by atoms with van der Waals surface area (Å²) in [6, 6.07) is 0.368. The molecule has 58 heavy (non-hydrogen) atoms. The van der Waals surface area contributed by atoms with E-state index in [1.54, 1.807) is 65.8 Å². The lowest BCUT2D eigenvalue weighted by molar-refractivity contribution is -0.114. The van der Waals surface area contributed by atoms with Gasteiger partial charge in [0, 0.05) is 86.2 Å². The summed E-state index contributed by atoms with van der Waals surface area (Å²) in [5.74, 6) is -6.31. The van der Waals surface area contributed by atoms with Crippen molar-refractivity contribution >= 4 is 28.2 Å². The first-order valence-corrected chi connectivity index (χ1v) is 20.4. The van der Waals surface area contributed by atoms with Gasteiger partial charge in [-0.25, -0.2) is 4.99 Å². The number of piperidine rings is 1. The van der Waals surface area contributed by atoms with E-state index in [1.165, 1.54) is 20.3 Å². The number of phenolic OH excluding ortho intramolecular Hbond substituents is 2. The zero-order valence-corrected chi connectivity index (χ0v) is 35.2. The van der Waals surface area contributed by atoms with Gasteiger partial charge >= 0.3 is 5.79 Å². The highest BCUT2D eigenvalue weighted by molar-refractivity contribution is 6.21. The van der Waals surface area contributed by atoms with Crippen molar-refractivity contribution in [2.24, 2.45) is 33.7 Å². The van der Waals surface area contributed by atoms with Crippen molar-refractivity contribution in [2.75, 3.05) is 25.5 Å². The number of nitrogens with zero attached hydrogens (tertiary/aromatic N) is 3. The van der Waals surface area contributed by atoms with Gasteiger partial charge in [-0.2, -0.15) is 0 Å². The summed E-state index contributed by atoms with van der Waals surface area (Å²) in [6.45, 7) is 17.3. The van der Waals surface area contributed by atoms with E-state index in [0.717, 1.165) is 19.5 Å². The van der Waals surface area contributed by atoms with Crippen LogP contribution in [0.25, 0.3) is 10.8 Å². The number of carbonyl (C=O) groups is 2. The topological polar surface area (TPSA) is 203 Å². The maximum absolute atomic E-state index is 14.6. The molecule has 0 aromatic heterocycles. The van der Waals surface area contributed by atoms with E-state index in [9.17, 15) is 35.1 Å². The average Bonchev–Trinajstić information content (AvgIpc) is 3.70. The number of aliphatic hydroxyl groups excluding tert-OH is 3. The lowest BCUT2D eigenvalue weighted by Crippen LogP contribution is -2.49. The number of hydrogen-bond acceptors (Lipinski definition) is 13. The van der Waals surface area contributed by atoms with Gasteiger partial charge in [0.1, 0.15) is 27.9 Å². The summed E-state index contributed by atoms with van der Waals surface area (Å²) in [5.41, 5.74) is -0.0493. The largest absolute Gasteiger partial charge is 0.507 e. The molecule has 5 aliphatic heterocycles. The van der Waals surface area contributed by atoms with Crippen molar-refractivity contribution in [2.45, 2.75) is 123 Å². The molecule has 2 aromatic rings. The second-order valence-corrected chi connectivity index (χ2v) is 17.0. The number of carbonyl (C=O) groups excluding carboxylic acids is 2. The Balaban J connectivity index is 1.56. The van der Waals surface area contributed by atoms with Gasteiger partial charge in [0.2, 0.25) is 0 Å². The van der Waals surface area contributed by atoms with Crippen LogP contribution >= 0.6 is 0 Å². The Labute approximate surface area is 339 Å². The average molecular weight is 805 g/mol. The first-order valence-electron chi connectivity index (χ1n) is 20.4. The minimum Gasteiger partial charge on any atom is -0.507 e. The summed E-state index contributed by atoms with van der Waals surface area (Å²) >= 11 is 0. The second kappa shape index (κ2) is 16.4. The SMILES string of the molecule is CCC(C)N1CCC2(CC1)N=c1c(c3c4c5c(C)c(O)c3c(O)c1=NC(=O)/C(C)=C\C=C/[C@H](C)[C@H](O)[C@@H](C)C(O)[C@@H](C)[C@H](O)[C@H](C)[C@@H](OC)/C=C\O[C@@](C)(O5)C4=O)N2. The molecule has 1 amide bonds. The zero-order chi connectivity index (χ0) is 42.6. The van der Waals surface area contributed by atoms with Crippen molar-refractivity contribution in [1.29, 1.82) is 0 Å². The summed E-state index contributed by atoms with van der Waals surface area (Å²) in [5, 5.41) is 61.5. The first-order chi connectivity index (χ1) is 27.3. The number of aromatic hydroxyl groups is 2. The van der Waals surface area contributed by atoms with Gasteiger partial charge in [0.15, 0.2) is 5.75 Å². The molecular formula is C44H60N4O10. The third kappa shape index (κ3) is 7.42. The van der Waals surface area contributed by atoms with Crippen LogP contribution in [-0.2, 0) is 14.3 Å². The Morgan fingerprint density at radius 1 is 0.948 bits per heavy atom. The van der Waals surface area contributed by atoms with Crippen molar-refractivity contribution in [1.82, 2.24) is 4.90 Å². The molecule has 14 nitrogen and oxygen atoms in total. The second-order valence-electron chi connectivity index (χ2n) is 17.0. The molecule has 2 aromatic carbocycles. The number of methoxy groups -OCH3 is 1. The van der Waals surface area contributed by atoms with Crippen LogP contribution in [0.3, 0.4) is 0 Å². The van der Waals surface area contributed by atoms with Gasteiger partial charge in [-0.15, -0.1) is 0 Å². The number of aliphatic hydroxyl groups is 3. The number of allylic oxidation sites excluding steroid dienone is 2. The number of benzene rings is 2. The molecule has 1 spiro atoms. The fourth-order valence-electron chi connectivity index (χ4n) is 8.82. The summed E-state index contributed by atoms with van der Waals surface area (Å²) in [4.78, 5) is 40.3. The standard InChI is InChI=1S/C44H60N4O10/c1-11-23(4)48-18-16-44(17-19-48)46-32-29-30-38(52)27(8)40-31(29)41(54)43(9,58-40)57-20-15-28(56-10)24(5)36(50)26(7)37(51)25(6)35(49)21(2)13-12-14-22(3)42(55)45-34(39(30)53)33(32)47-44/h12-15,20-21,23-26,28,35-37,46,49-53H,11,16-19H2,1-10H3/b13-12-,20-15-,22-14-,45-34?/t21-,23?,24+,25+,26-,28-,35-,36+,37?,43-/m0/s1. The molecule has 316 valence electrons. The van der Waals surface area contributed by atoms with Gasteiger partial charge in [-0.1, -0.05) is 52.8 Å². The van der Waals surface area contributed by atoms with Crippen LogP contribution in [0.15, 0.2) is 46.1 Å². The number of rotatable bonds is 3. The van der Waals surface area contributed by atoms with Crippen molar-refractivity contribution in [3.8, 4) is 17.2 Å². The maximum Gasteiger partial charge on any atom is 0.312 e. The molecule has 5 heterocycles. The van der Waals surface area contributed by atoms with Gasteiger partial charge in [-0.05, 0) is 33.3 Å².